The van der Waals surface area contributed by atoms with Gasteiger partial charge in [0.15, 0.2) is 0 Å². The van der Waals surface area contributed by atoms with Crippen molar-refractivity contribution in [1.29, 1.82) is 0 Å². The normalized spacial score (nSPS) is 29.3. The number of nitrogens with one attached hydrogen (secondary N) is 1. The second-order valence-corrected chi connectivity index (χ2v) is 6.14. The first-order chi connectivity index (χ1) is 9.42. The first-order valence-electron chi connectivity index (χ1n) is 7.98. The molecule has 2 nitrogen and oxygen atoms in total. The summed E-state index contributed by atoms with van der Waals surface area (Å²) >= 11 is 0. The molecule has 1 aromatic rings. The highest BCUT2D eigenvalue weighted by Gasteiger charge is 2.23. The summed E-state index contributed by atoms with van der Waals surface area (Å²) in [5.74, 6) is 0.792. The van der Waals surface area contributed by atoms with Crippen molar-refractivity contribution in [2.75, 3.05) is 13.1 Å². The summed E-state index contributed by atoms with van der Waals surface area (Å²) in [4.78, 5) is 0. The van der Waals surface area contributed by atoms with Crippen LogP contribution < -0.4 is 5.43 Å². The lowest BCUT2D eigenvalue weighted by Gasteiger charge is -2.35. The van der Waals surface area contributed by atoms with Gasteiger partial charge in [-0.15, -0.1) is 0 Å². The van der Waals surface area contributed by atoms with Crippen molar-refractivity contribution in [2.45, 2.75) is 56.9 Å². The smallest absolute Gasteiger partial charge is 0.0215 e. The molecule has 1 aliphatic heterocycles. The van der Waals surface area contributed by atoms with Gasteiger partial charge in [-0.25, -0.2) is 5.01 Å². The van der Waals surface area contributed by atoms with Gasteiger partial charge < -0.3 is 0 Å². The van der Waals surface area contributed by atoms with E-state index >= 15 is 0 Å². The molecule has 1 heterocycles. The van der Waals surface area contributed by atoms with Crippen LogP contribution in [0.15, 0.2) is 30.3 Å². The van der Waals surface area contributed by atoms with Gasteiger partial charge in [-0.05, 0) is 50.0 Å². The van der Waals surface area contributed by atoms with Crippen molar-refractivity contribution in [2.24, 2.45) is 0 Å². The molecule has 1 N–H and O–H groups in total. The lowest BCUT2D eigenvalue weighted by molar-refractivity contribution is 0.112. The van der Waals surface area contributed by atoms with Crippen molar-refractivity contribution in [3.8, 4) is 0 Å². The van der Waals surface area contributed by atoms with Crippen LogP contribution in [0.25, 0.3) is 0 Å². The van der Waals surface area contributed by atoms with Gasteiger partial charge in [-0.1, -0.05) is 36.8 Å². The van der Waals surface area contributed by atoms with E-state index in [2.05, 4.69) is 40.8 Å². The van der Waals surface area contributed by atoms with Gasteiger partial charge in [0.1, 0.15) is 0 Å². The monoisotopic (exact) mass is 258 g/mol. The van der Waals surface area contributed by atoms with Crippen LogP contribution in [-0.2, 0) is 0 Å². The summed E-state index contributed by atoms with van der Waals surface area (Å²) in [5, 5.41) is 2.47. The number of hydrazine groups is 1. The molecule has 2 fully saturated rings. The van der Waals surface area contributed by atoms with Crippen LogP contribution in [0.1, 0.15) is 56.4 Å². The van der Waals surface area contributed by atoms with Crippen molar-refractivity contribution in [3.63, 3.8) is 0 Å². The van der Waals surface area contributed by atoms with Gasteiger partial charge in [-0.2, -0.15) is 0 Å². The summed E-state index contributed by atoms with van der Waals surface area (Å²) < 4.78 is 0. The molecule has 19 heavy (non-hydrogen) atoms. The van der Waals surface area contributed by atoms with Crippen LogP contribution in [-0.4, -0.2) is 24.1 Å². The molecule has 1 saturated heterocycles. The zero-order valence-electron chi connectivity index (χ0n) is 11.9. The molecule has 1 aliphatic carbocycles. The zero-order valence-corrected chi connectivity index (χ0v) is 11.9. The Morgan fingerprint density at radius 1 is 0.842 bits per heavy atom. The number of rotatable bonds is 3. The standard InChI is InChI=1S/C17H26N2/c1-3-7-15(8-4-1)16-9-11-17(12-10-16)18-19-13-5-2-6-14-19/h1,3-4,7-8,16-18H,2,5-6,9-14H2. The minimum absolute atomic E-state index is 0.720. The SMILES string of the molecule is c1ccc(C2CCC(NN3CCCCC3)CC2)cc1. The molecule has 0 spiro atoms. The summed E-state index contributed by atoms with van der Waals surface area (Å²) in [5.41, 5.74) is 5.30. The summed E-state index contributed by atoms with van der Waals surface area (Å²) in [7, 11) is 0. The first kappa shape index (κ1) is 13.1. The Bertz CT molecular complexity index is 362. The maximum atomic E-state index is 3.76. The van der Waals surface area contributed by atoms with Crippen LogP contribution >= 0.6 is 0 Å². The van der Waals surface area contributed by atoms with Gasteiger partial charge in [0.05, 0.1) is 0 Å². The topological polar surface area (TPSA) is 15.3 Å². The largest absolute Gasteiger partial charge is 0.252 e. The highest BCUT2D eigenvalue weighted by Crippen LogP contribution is 2.32. The summed E-state index contributed by atoms with van der Waals surface area (Å²) in [6, 6.07) is 11.8. The van der Waals surface area contributed by atoms with E-state index in [1.807, 2.05) is 0 Å². The number of hydrogen-bond donors (Lipinski definition) is 1. The molecule has 104 valence electrons. The Morgan fingerprint density at radius 2 is 1.53 bits per heavy atom. The van der Waals surface area contributed by atoms with E-state index in [9.17, 15) is 0 Å². The number of piperidine rings is 1. The van der Waals surface area contributed by atoms with E-state index in [-0.39, 0.29) is 0 Å². The molecule has 0 aromatic heterocycles. The third-order valence-electron chi connectivity index (χ3n) is 4.72. The Morgan fingerprint density at radius 3 is 2.21 bits per heavy atom. The van der Waals surface area contributed by atoms with Crippen LogP contribution in [0, 0.1) is 0 Å². The van der Waals surface area contributed by atoms with Crippen LogP contribution in [0.5, 0.6) is 0 Å². The lowest BCUT2D eigenvalue weighted by Crippen LogP contribution is -2.48. The lowest BCUT2D eigenvalue weighted by atomic mass is 9.82. The van der Waals surface area contributed by atoms with Gasteiger partial charge in [0.2, 0.25) is 0 Å². The van der Waals surface area contributed by atoms with Crippen LogP contribution in [0.2, 0.25) is 0 Å². The number of nitrogens with zero attached hydrogens (tertiary/aromatic N) is 1. The predicted octanol–water partition coefficient (Wildman–Crippen LogP) is 3.70. The zero-order chi connectivity index (χ0) is 12.9. The fraction of sp³-hybridized carbons (Fsp3) is 0.647. The van der Waals surface area contributed by atoms with Gasteiger partial charge in [-0.3, -0.25) is 5.43 Å². The number of hydrogen-bond acceptors (Lipinski definition) is 2. The van der Waals surface area contributed by atoms with Crippen molar-refractivity contribution in [3.05, 3.63) is 35.9 Å². The Balaban J connectivity index is 1.46. The van der Waals surface area contributed by atoms with Crippen molar-refractivity contribution >= 4 is 0 Å². The highest BCUT2D eigenvalue weighted by atomic mass is 15.5. The molecule has 1 saturated carbocycles. The van der Waals surface area contributed by atoms with E-state index in [0.717, 1.165) is 12.0 Å². The Labute approximate surface area is 117 Å². The summed E-state index contributed by atoms with van der Waals surface area (Å²) in [6.45, 7) is 2.50. The molecule has 0 bridgehead atoms. The fourth-order valence-corrected chi connectivity index (χ4v) is 3.56. The maximum absolute atomic E-state index is 3.76. The minimum atomic E-state index is 0.720. The fourth-order valence-electron chi connectivity index (χ4n) is 3.56. The van der Waals surface area contributed by atoms with Crippen LogP contribution in [0.3, 0.4) is 0 Å². The predicted molar refractivity (Wildman–Crippen MR) is 80.0 cm³/mol. The van der Waals surface area contributed by atoms with Gasteiger partial charge in [0.25, 0.3) is 0 Å². The van der Waals surface area contributed by atoms with E-state index in [1.165, 1.54) is 58.0 Å². The molecule has 2 aliphatic rings. The molecule has 0 radical (unpaired) electrons. The number of benzene rings is 1. The average Bonchev–Trinajstić information content (AvgIpc) is 2.50. The molecule has 0 atom stereocenters. The second kappa shape index (κ2) is 6.53. The molecule has 3 rings (SSSR count). The van der Waals surface area contributed by atoms with Gasteiger partial charge >= 0.3 is 0 Å². The van der Waals surface area contributed by atoms with E-state index in [0.29, 0.717) is 0 Å². The van der Waals surface area contributed by atoms with Crippen LogP contribution in [0.4, 0.5) is 0 Å². The van der Waals surface area contributed by atoms with E-state index in [4.69, 9.17) is 0 Å². The Hall–Kier alpha value is -0.860. The maximum Gasteiger partial charge on any atom is 0.0215 e. The first-order valence-corrected chi connectivity index (χ1v) is 7.98. The quantitative estimate of drug-likeness (QED) is 0.889. The average molecular weight is 258 g/mol. The Kier molecular flexibility index (Phi) is 4.52. The van der Waals surface area contributed by atoms with Crippen molar-refractivity contribution < 1.29 is 0 Å². The third-order valence-corrected chi connectivity index (χ3v) is 4.72. The van der Waals surface area contributed by atoms with E-state index in [1.54, 1.807) is 5.56 Å². The van der Waals surface area contributed by atoms with Gasteiger partial charge in [0, 0.05) is 19.1 Å². The third kappa shape index (κ3) is 3.58. The molecule has 0 amide bonds. The summed E-state index contributed by atoms with van der Waals surface area (Å²) in [6.07, 6.45) is 9.49. The molecule has 2 heteroatoms. The second-order valence-electron chi connectivity index (χ2n) is 6.14. The highest BCUT2D eigenvalue weighted by molar-refractivity contribution is 5.20. The molecule has 1 aromatic carbocycles. The molecular weight excluding hydrogens is 232 g/mol. The minimum Gasteiger partial charge on any atom is -0.252 e. The van der Waals surface area contributed by atoms with Crippen molar-refractivity contribution in [1.82, 2.24) is 10.4 Å². The van der Waals surface area contributed by atoms with E-state index < -0.39 is 0 Å². The molecular formula is C17H26N2. The molecule has 0 unspecified atom stereocenters.